The van der Waals surface area contributed by atoms with E-state index in [1.807, 2.05) is 61.5 Å². The Morgan fingerprint density at radius 3 is 2.22 bits per heavy atom. The van der Waals surface area contributed by atoms with Crippen LogP contribution in [-0.4, -0.2) is 5.11 Å². The minimum Gasteiger partial charge on any atom is -0.374 e. The standard InChI is InChI=1S/C17H16O/c1-14-8-6-7-11-16(14)17(2,18)13-12-15-9-4-3-5-10-15/h3-11,18H,1-2H3/t17-/m1/s1. The highest BCUT2D eigenvalue weighted by Gasteiger charge is 2.21. The zero-order valence-corrected chi connectivity index (χ0v) is 10.6. The summed E-state index contributed by atoms with van der Waals surface area (Å²) in [6, 6.07) is 17.5. The van der Waals surface area contributed by atoms with E-state index in [0.717, 1.165) is 16.7 Å². The van der Waals surface area contributed by atoms with Crippen LogP contribution in [-0.2, 0) is 5.60 Å². The Morgan fingerprint density at radius 1 is 0.944 bits per heavy atom. The van der Waals surface area contributed by atoms with E-state index in [9.17, 15) is 5.11 Å². The summed E-state index contributed by atoms with van der Waals surface area (Å²) in [7, 11) is 0. The van der Waals surface area contributed by atoms with E-state index in [1.165, 1.54) is 0 Å². The van der Waals surface area contributed by atoms with Gasteiger partial charge in [0.1, 0.15) is 5.60 Å². The van der Waals surface area contributed by atoms with Crippen molar-refractivity contribution in [1.29, 1.82) is 0 Å². The number of hydrogen-bond donors (Lipinski definition) is 1. The minimum atomic E-state index is -1.12. The summed E-state index contributed by atoms with van der Waals surface area (Å²) in [5, 5.41) is 10.5. The molecule has 0 spiro atoms. The van der Waals surface area contributed by atoms with Crippen LogP contribution in [0.4, 0.5) is 0 Å². The Morgan fingerprint density at radius 2 is 1.56 bits per heavy atom. The molecule has 0 aliphatic rings. The molecule has 0 aromatic heterocycles. The van der Waals surface area contributed by atoms with Crippen LogP contribution >= 0.6 is 0 Å². The van der Waals surface area contributed by atoms with Crippen molar-refractivity contribution in [2.45, 2.75) is 19.4 Å². The van der Waals surface area contributed by atoms with Crippen LogP contribution in [0.15, 0.2) is 54.6 Å². The van der Waals surface area contributed by atoms with Gasteiger partial charge in [-0.25, -0.2) is 0 Å². The Balaban J connectivity index is 2.34. The molecule has 1 N–H and O–H groups in total. The van der Waals surface area contributed by atoms with Crippen molar-refractivity contribution in [3.8, 4) is 11.8 Å². The molecule has 0 aliphatic carbocycles. The summed E-state index contributed by atoms with van der Waals surface area (Å²) < 4.78 is 0. The summed E-state index contributed by atoms with van der Waals surface area (Å²) in [5.41, 5.74) is 1.69. The molecule has 0 amide bonds. The summed E-state index contributed by atoms with van der Waals surface area (Å²) in [6.07, 6.45) is 0. The molecule has 1 heteroatoms. The highest BCUT2D eigenvalue weighted by molar-refractivity contribution is 5.41. The van der Waals surface area contributed by atoms with E-state index in [-0.39, 0.29) is 0 Å². The summed E-state index contributed by atoms with van der Waals surface area (Å²) in [6.45, 7) is 3.71. The van der Waals surface area contributed by atoms with Gasteiger partial charge in [0.25, 0.3) is 0 Å². The average molecular weight is 236 g/mol. The Labute approximate surface area is 108 Å². The van der Waals surface area contributed by atoms with Crippen molar-refractivity contribution in [3.63, 3.8) is 0 Å². The molecule has 18 heavy (non-hydrogen) atoms. The maximum Gasteiger partial charge on any atom is 0.148 e. The maximum absolute atomic E-state index is 10.5. The van der Waals surface area contributed by atoms with Gasteiger partial charge in [0.2, 0.25) is 0 Å². The molecule has 1 nitrogen and oxygen atoms in total. The molecule has 0 saturated heterocycles. The van der Waals surface area contributed by atoms with Crippen LogP contribution in [0.5, 0.6) is 0 Å². The molecule has 0 aliphatic heterocycles. The molecule has 0 saturated carbocycles. The smallest absolute Gasteiger partial charge is 0.148 e. The monoisotopic (exact) mass is 236 g/mol. The number of rotatable bonds is 1. The number of hydrogen-bond acceptors (Lipinski definition) is 1. The zero-order valence-electron chi connectivity index (χ0n) is 10.6. The van der Waals surface area contributed by atoms with Crippen LogP contribution in [0.2, 0.25) is 0 Å². The maximum atomic E-state index is 10.5. The molecule has 0 radical (unpaired) electrons. The third kappa shape index (κ3) is 2.80. The minimum absolute atomic E-state index is 0.855. The van der Waals surface area contributed by atoms with Gasteiger partial charge >= 0.3 is 0 Å². The third-order valence-corrected chi connectivity index (χ3v) is 2.89. The van der Waals surface area contributed by atoms with Crippen LogP contribution in [0, 0.1) is 18.8 Å². The fourth-order valence-corrected chi connectivity index (χ4v) is 1.90. The molecule has 0 fully saturated rings. The van der Waals surface area contributed by atoms with Gasteiger partial charge in [0.15, 0.2) is 0 Å². The zero-order chi connectivity index (χ0) is 13.0. The first-order chi connectivity index (χ1) is 8.59. The first-order valence-corrected chi connectivity index (χ1v) is 5.96. The van der Waals surface area contributed by atoms with E-state index in [2.05, 4.69) is 11.8 Å². The van der Waals surface area contributed by atoms with Gasteiger partial charge in [0, 0.05) is 5.56 Å². The van der Waals surface area contributed by atoms with Crippen LogP contribution in [0.25, 0.3) is 0 Å². The summed E-state index contributed by atoms with van der Waals surface area (Å²) in [5.74, 6) is 5.95. The largest absolute Gasteiger partial charge is 0.374 e. The lowest BCUT2D eigenvalue weighted by molar-refractivity contribution is 0.121. The lowest BCUT2D eigenvalue weighted by Crippen LogP contribution is -2.19. The van der Waals surface area contributed by atoms with Gasteiger partial charge in [-0.2, -0.15) is 0 Å². The van der Waals surface area contributed by atoms with E-state index < -0.39 is 5.60 Å². The molecule has 0 heterocycles. The highest BCUT2D eigenvalue weighted by Crippen LogP contribution is 2.23. The van der Waals surface area contributed by atoms with Gasteiger partial charge in [-0.15, -0.1) is 0 Å². The molecule has 2 aromatic rings. The lowest BCUT2D eigenvalue weighted by atomic mass is 9.92. The molecular weight excluding hydrogens is 220 g/mol. The topological polar surface area (TPSA) is 20.2 Å². The van der Waals surface area contributed by atoms with Crippen molar-refractivity contribution in [2.75, 3.05) is 0 Å². The van der Waals surface area contributed by atoms with Crippen molar-refractivity contribution < 1.29 is 5.11 Å². The van der Waals surface area contributed by atoms with Crippen molar-refractivity contribution >= 4 is 0 Å². The fraction of sp³-hybridized carbons (Fsp3) is 0.176. The lowest BCUT2D eigenvalue weighted by Gasteiger charge is -2.19. The second-order valence-corrected chi connectivity index (χ2v) is 4.50. The number of aliphatic hydroxyl groups is 1. The number of aryl methyl sites for hydroxylation is 1. The van der Waals surface area contributed by atoms with Gasteiger partial charge < -0.3 is 5.11 Å². The summed E-state index contributed by atoms with van der Waals surface area (Å²) >= 11 is 0. The molecule has 90 valence electrons. The van der Waals surface area contributed by atoms with Crippen molar-refractivity contribution in [2.24, 2.45) is 0 Å². The van der Waals surface area contributed by atoms with Gasteiger partial charge in [0.05, 0.1) is 0 Å². The van der Waals surface area contributed by atoms with E-state index in [4.69, 9.17) is 0 Å². The fourth-order valence-electron chi connectivity index (χ4n) is 1.90. The van der Waals surface area contributed by atoms with Crippen LogP contribution in [0.3, 0.4) is 0 Å². The Hall–Kier alpha value is -2.04. The normalized spacial score (nSPS) is 13.3. The molecule has 1 atom stereocenters. The van der Waals surface area contributed by atoms with Crippen LogP contribution in [0.1, 0.15) is 23.6 Å². The molecular formula is C17H16O. The van der Waals surface area contributed by atoms with Crippen molar-refractivity contribution in [1.82, 2.24) is 0 Å². The number of benzene rings is 2. The Bertz CT molecular complexity index is 586. The molecule has 2 aromatic carbocycles. The molecule has 0 unspecified atom stereocenters. The average Bonchev–Trinajstić information content (AvgIpc) is 2.38. The first-order valence-electron chi connectivity index (χ1n) is 5.96. The predicted octanol–water partition coefficient (Wildman–Crippen LogP) is 3.25. The van der Waals surface area contributed by atoms with E-state index >= 15 is 0 Å². The van der Waals surface area contributed by atoms with Gasteiger partial charge in [-0.05, 0) is 37.1 Å². The first kappa shape index (κ1) is 12.4. The van der Waals surface area contributed by atoms with Crippen molar-refractivity contribution in [3.05, 3.63) is 71.3 Å². The van der Waals surface area contributed by atoms with E-state index in [0.29, 0.717) is 0 Å². The molecule has 0 bridgehead atoms. The second-order valence-electron chi connectivity index (χ2n) is 4.50. The third-order valence-electron chi connectivity index (χ3n) is 2.89. The molecule has 2 rings (SSSR count). The predicted molar refractivity (Wildman–Crippen MR) is 74.1 cm³/mol. The second kappa shape index (κ2) is 5.08. The quantitative estimate of drug-likeness (QED) is 0.753. The SMILES string of the molecule is Cc1ccccc1[C@](C)(O)C#Cc1ccccc1. The highest BCUT2D eigenvalue weighted by atomic mass is 16.3. The van der Waals surface area contributed by atoms with Crippen LogP contribution < -0.4 is 0 Å². The van der Waals surface area contributed by atoms with Gasteiger partial charge in [-0.3, -0.25) is 0 Å². The van der Waals surface area contributed by atoms with E-state index in [1.54, 1.807) is 6.92 Å². The van der Waals surface area contributed by atoms with Gasteiger partial charge in [-0.1, -0.05) is 54.3 Å². The Kier molecular flexibility index (Phi) is 3.50. The summed E-state index contributed by atoms with van der Waals surface area (Å²) in [4.78, 5) is 0.